The van der Waals surface area contributed by atoms with Gasteiger partial charge in [0.25, 0.3) is 0 Å². The van der Waals surface area contributed by atoms with E-state index >= 15 is 0 Å². The fourth-order valence-corrected chi connectivity index (χ4v) is 3.82. The van der Waals surface area contributed by atoms with Gasteiger partial charge in [-0.2, -0.15) is 11.8 Å². The maximum absolute atomic E-state index is 3.74. The number of rotatable bonds is 4. The smallest absolute Gasteiger partial charge is 0.0388 e. The summed E-state index contributed by atoms with van der Waals surface area (Å²) in [6.45, 7) is 2.28. The Bertz CT molecular complexity index is 284. The first-order chi connectivity index (χ1) is 7.29. The van der Waals surface area contributed by atoms with Crippen molar-refractivity contribution in [3.8, 4) is 0 Å². The largest absolute Gasteiger partial charge is 0.307 e. The number of nitrogens with one attached hydrogen (secondary N) is 1. The van der Waals surface area contributed by atoms with E-state index in [9.17, 15) is 0 Å². The highest BCUT2D eigenvalue weighted by atomic mass is 32.2. The standard InChI is InChI=1S/C12H19NS2/c1-9(12-4-3-7-15-12)13-10-5-6-11(8-10)14-2/h3-4,7,9-11,13H,5-6,8H2,1-2H3/t9-,10+,11+/m1/s1. The minimum absolute atomic E-state index is 0.524. The molecule has 1 aliphatic rings. The van der Waals surface area contributed by atoms with Gasteiger partial charge in [-0.25, -0.2) is 0 Å². The summed E-state index contributed by atoms with van der Waals surface area (Å²) in [6.07, 6.45) is 6.31. The lowest BCUT2D eigenvalue weighted by molar-refractivity contribution is 0.466. The average molecular weight is 241 g/mol. The Kier molecular flexibility index (Phi) is 4.12. The minimum atomic E-state index is 0.524. The summed E-state index contributed by atoms with van der Waals surface area (Å²) in [5.74, 6) is 0. The van der Waals surface area contributed by atoms with E-state index in [4.69, 9.17) is 0 Å². The monoisotopic (exact) mass is 241 g/mol. The van der Waals surface area contributed by atoms with Gasteiger partial charge in [0, 0.05) is 22.2 Å². The Balaban J connectivity index is 1.83. The molecule has 3 atom stereocenters. The van der Waals surface area contributed by atoms with Crippen LogP contribution in [-0.2, 0) is 0 Å². The van der Waals surface area contributed by atoms with Gasteiger partial charge in [0.15, 0.2) is 0 Å². The van der Waals surface area contributed by atoms with Crippen molar-refractivity contribution in [1.82, 2.24) is 5.32 Å². The van der Waals surface area contributed by atoms with Gasteiger partial charge in [0.1, 0.15) is 0 Å². The lowest BCUT2D eigenvalue weighted by Crippen LogP contribution is -2.29. The molecule has 0 saturated heterocycles. The van der Waals surface area contributed by atoms with E-state index in [2.05, 4.69) is 36.0 Å². The van der Waals surface area contributed by atoms with Crippen LogP contribution in [0.5, 0.6) is 0 Å². The Morgan fingerprint density at radius 1 is 1.53 bits per heavy atom. The molecule has 2 rings (SSSR count). The van der Waals surface area contributed by atoms with Crippen LogP contribution in [0.4, 0.5) is 0 Å². The van der Waals surface area contributed by atoms with Crippen LogP contribution in [-0.4, -0.2) is 17.5 Å². The Morgan fingerprint density at radius 3 is 3.00 bits per heavy atom. The van der Waals surface area contributed by atoms with E-state index in [1.807, 2.05) is 23.1 Å². The first-order valence-corrected chi connectivity index (χ1v) is 7.78. The van der Waals surface area contributed by atoms with E-state index in [1.54, 1.807) is 0 Å². The van der Waals surface area contributed by atoms with E-state index in [0.717, 1.165) is 11.3 Å². The summed E-state index contributed by atoms with van der Waals surface area (Å²) in [5, 5.41) is 6.79. The summed E-state index contributed by atoms with van der Waals surface area (Å²) in [7, 11) is 0. The van der Waals surface area contributed by atoms with Gasteiger partial charge < -0.3 is 5.32 Å². The normalized spacial score (nSPS) is 28.1. The van der Waals surface area contributed by atoms with Gasteiger partial charge in [-0.3, -0.25) is 0 Å². The SMILES string of the molecule is CS[C@H]1CC[C@H](N[C@H](C)c2cccs2)C1. The summed E-state index contributed by atoms with van der Waals surface area (Å²) < 4.78 is 0. The lowest BCUT2D eigenvalue weighted by atomic mass is 10.2. The molecule has 15 heavy (non-hydrogen) atoms. The molecule has 1 fully saturated rings. The van der Waals surface area contributed by atoms with Crippen molar-refractivity contribution in [2.75, 3.05) is 6.26 Å². The van der Waals surface area contributed by atoms with Crippen LogP contribution < -0.4 is 5.32 Å². The van der Waals surface area contributed by atoms with Crippen LogP contribution in [0.15, 0.2) is 17.5 Å². The summed E-state index contributed by atoms with van der Waals surface area (Å²) in [4.78, 5) is 1.46. The van der Waals surface area contributed by atoms with Gasteiger partial charge in [-0.1, -0.05) is 6.07 Å². The highest BCUT2D eigenvalue weighted by molar-refractivity contribution is 7.99. The van der Waals surface area contributed by atoms with Gasteiger partial charge in [0.2, 0.25) is 0 Å². The zero-order chi connectivity index (χ0) is 10.7. The summed E-state index contributed by atoms with van der Waals surface area (Å²) in [5.41, 5.74) is 0. The second-order valence-electron chi connectivity index (χ2n) is 4.27. The molecule has 1 aromatic heterocycles. The van der Waals surface area contributed by atoms with Crippen molar-refractivity contribution < 1.29 is 0 Å². The third-order valence-corrected chi connectivity index (χ3v) is 5.32. The molecule has 3 heteroatoms. The molecule has 1 heterocycles. The molecule has 0 unspecified atom stereocenters. The van der Waals surface area contributed by atoms with Crippen LogP contribution >= 0.6 is 23.1 Å². The van der Waals surface area contributed by atoms with E-state index < -0.39 is 0 Å². The summed E-state index contributed by atoms with van der Waals surface area (Å²) >= 11 is 3.88. The Hall–Kier alpha value is 0.01000. The minimum Gasteiger partial charge on any atom is -0.307 e. The van der Waals surface area contributed by atoms with Gasteiger partial charge >= 0.3 is 0 Å². The van der Waals surface area contributed by atoms with Crippen molar-refractivity contribution >= 4 is 23.1 Å². The van der Waals surface area contributed by atoms with Crippen molar-refractivity contribution in [2.45, 2.75) is 43.5 Å². The first-order valence-electron chi connectivity index (χ1n) is 5.62. The molecule has 1 nitrogen and oxygen atoms in total. The first kappa shape index (κ1) is 11.5. The Labute approximate surface area is 101 Å². The van der Waals surface area contributed by atoms with Crippen LogP contribution in [0, 0.1) is 0 Å². The molecule has 0 radical (unpaired) electrons. The van der Waals surface area contributed by atoms with Gasteiger partial charge in [-0.05, 0) is 43.9 Å². The molecule has 1 aliphatic carbocycles. The van der Waals surface area contributed by atoms with E-state index in [1.165, 1.54) is 24.1 Å². The molecule has 84 valence electrons. The molecule has 0 amide bonds. The molecular weight excluding hydrogens is 222 g/mol. The van der Waals surface area contributed by atoms with Crippen LogP contribution in [0.25, 0.3) is 0 Å². The van der Waals surface area contributed by atoms with Crippen LogP contribution in [0.3, 0.4) is 0 Å². The Morgan fingerprint density at radius 2 is 2.40 bits per heavy atom. The average Bonchev–Trinajstić information content (AvgIpc) is 2.87. The number of thiophene rings is 1. The number of hydrogen-bond donors (Lipinski definition) is 1. The third-order valence-electron chi connectivity index (χ3n) is 3.17. The molecule has 0 bridgehead atoms. The maximum Gasteiger partial charge on any atom is 0.0388 e. The molecular formula is C12H19NS2. The molecule has 1 N–H and O–H groups in total. The molecule has 0 spiro atoms. The molecule has 0 aromatic carbocycles. The van der Waals surface area contributed by atoms with E-state index in [0.29, 0.717) is 6.04 Å². The third kappa shape index (κ3) is 2.99. The second-order valence-corrected chi connectivity index (χ2v) is 6.39. The highest BCUT2D eigenvalue weighted by Gasteiger charge is 2.25. The zero-order valence-electron chi connectivity index (χ0n) is 9.40. The number of hydrogen-bond acceptors (Lipinski definition) is 3. The van der Waals surface area contributed by atoms with Crippen molar-refractivity contribution in [2.24, 2.45) is 0 Å². The van der Waals surface area contributed by atoms with Gasteiger partial charge in [0.05, 0.1) is 0 Å². The molecule has 1 aromatic rings. The number of thioether (sulfide) groups is 1. The quantitative estimate of drug-likeness (QED) is 0.863. The van der Waals surface area contributed by atoms with Crippen molar-refractivity contribution in [3.05, 3.63) is 22.4 Å². The fourth-order valence-electron chi connectivity index (χ4n) is 2.28. The predicted octanol–water partition coefficient (Wildman–Crippen LogP) is 3.68. The highest BCUT2D eigenvalue weighted by Crippen LogP contribution is 2.30. The summed E-state index contributed by atoms with van der Waals surface area (Å²) in [6, 6.07) is 5.62. The van der Waals surface area contributed by atoms with Crippen molar-refractivity contribution in [3.63, 3.8) is 0 Å². The molecule has 1 saturated carbocycles. The van der Waals surface area contributed by atoms with Crippen LogP contribution in [0.2, 0.25) is 0 Å². The van der Waals surface area contributed by atoms with Crippen molar-refractivity contribution in [1.29, 1.82) is 0 Å². The zero-order valence-corrected chi connectivity index (χ0v) is 11.0. The van der Waals surface area contributed by atoms with Crippen LogP contribution in [0.1, 0.15) is 37.1 Å². The predicted molar refractivity (Wildman–Crippen MR) is 70.8 cm³/mol. The lowest BCUT2D eigenvalue weighted by Gasteiger charge is -2.18. The molecule has 0 aliphatic heterocycles. The maximum atomic E-state index is 3.74. The van der Waals surface area contributed by atoms with E-state index in [-0.39, 0.29) is 0 Å². The van der Waals surface area contributed by atoms with Gasteiger partial charge in [-0.15, -0.1) is 11.3 Å². The fraction of sp³-hybridized carbons (Fsp3) is 0.667. The second kappa shape index (κ2) is 5.37. The topological polar surface area (TPSA) is 12.0 Å².